The topological polar surface area (TPSA) is 40.9 Å². The Kier molecular flexibility index (Phi) is 4.09. The molecule has 0 bridgehead atoms. The van der Waals surface area contributed by atoms with Gasteiger partial charge in [0.15, 0.2) is 5.78 Å². The summed E-state index contributed by atoms with van der Waals surface area (Å²) < 4.78 is 13.4. The Morgan fingerprint density at radius 1 is 1.39 bits per heavy atom. The van der Waals surface area contributed by atoms with Crippen LogP contribution >= 0.6 is 0 Å². The molecule has 0 amide bonds. The van der Waals surface area contributed by atoms with E-state index in [2.05, 4.69) is 0 Å². The van der Waals surface area contributed by atoms with Crippen molar-refractivity contribution in [2.45, 2.75) is 38.5 Å². The number of carbonyl (C=O) groups is 1. The van der Waals surface area contributed by atoms with Gasteiger partial charge in [0, 0.05) is 12.0 Å². The molecule has 1 aromatic carbocycles. The summed E-state index contributed by atoms with van der Waals surface area (Å²) in [7, 11) is 0. The summed E-state index contributed by atoms with van der Waals surface area (Å²) in [6.07, 6.45) is 6.18. The van der Waals surface area contributed by atoms with Gasteiger partial charge >= 0.3 is 0 Å². The average molecular weight is 245 g/mol. The number of hydrogen-bond donors (Lipinski definition) is 0. The lowest BCUT2D eigenvalue weighted by atomic mass is 9.95. The predicted octanol–water partition coefficient (Wildman–Crippen LogP) is 3.85. The average Bonchev–Trinajstić information content (AvgIpc) is 2.88. The zero-order valence-corrected chi connectivity index (χ0v) is 10.3. The van der Waals surface area contributed by atoms with E-state index in [9.17, 15) is 9.18 Å². The molecular formula is C15H16FNO. The lowest BCUT2D eigenvalue weighted by Gasteiger charge is -2.08. The van der Waals surface area contributed by atoms with Gasteiger partial charge in [-0.15, -0.1) is 0 Å². The molecule has 0 aliphatic heterocycles. The van der Waals surface area contributed by atoms with Crippen molar-refractivity contribution >= 4 is 5.78 Å². The maximum atomic E-state index is 13.4. The van der Waals surface area contributed by atoms with Crippen LogP contribution < -0.4 is 0 Å². The van der Waals surface area contributed by atoms with Crippen LogP contribution in [0.25, 0.3) is 0 Å². The van der Waals surface area contributed by atoms with Crippen LogP contribution in [0, 0.1) is 23.1 Å². The van der Waals surface area contributed by atoms with Gasteiger partial charge in [0.2, 0.25) is 0 Å². The van der Waals surface area contributed by atoms with Crippen molar-refractivity contribution in [2.75, 3.05) is 0 Å². The first kappa shape index (κ1) is 12.8. The number of hydrogen-bond acceptors (Lipinski definition) is 2. The van der Waals surface area contributed by atoms with E-state index < -0.39 is 5.82 Å². The Morgan fingerprint density at radius 3 is 2.78 bits per heavy atom. The summed E-state index contributed by atoms with van der Waals surface area (Å²) in [6, 6.07) is 6.02. The second-order valence-electron chi connectivity index (χ2n) is 4.89. The predicted molar refractivity (Wildman–Crippen MR) is 66.6 cm³/mol. The molecule has 1 aliphatic carbocycles. The van der Waals surface area contributed by atoms with Crippen LogP contribution in [-0.2, 0) is 0 Å². The van der Waals surface area contributed by atoms with Crippen molar-refractivity contribution in [1.82, 2.24) is 0 Å². The molecule has 0 saturated heterocycles. The molecular weight excluding hydrogens is 229 g/mol. The molecule has 3 heteroatoms. The SMILES string of the molecule is N#Cc1c(F)cccc1C(=O)CCC1CCCC1. The van der Waals surface area contributed by atoms with Gasteiger partial charge in [0.05, 0.1) is 5.56 Å². The second-order valence-corrected chi connectivity index (χ2v) is 4.89. The Morgan fingerprint density at radius 2 is 2.11 bits per heavy atom. The lowest BCUT2D eigenvalue weighted by molar-refractivity contribution is 0.0973. The number of nitriles is 1. The Hall–Kier alpha value is -1.69. The van der Waals surface area contributed by atoms with Crippen LogP contribution in [-0.4, -0.2) is 5.78 Å². The summed E-state index contributed by atoms with van der Waals surface area (Å²) in [5.74, 6) is -0.0878. The third-order valence-corrected chi connectivity index (χ3v) is 3.68. The van der Waals surface area contributed by atoms with E-state index in [1.54, 1.807) is 12.1 Å². The van der Waals surface area contributed by atoms with Crippen molar-refractivity contribution in [3.8, 4) is 6.07 Å². The number of ketones is 1. The maximum Gasteiger partial charge on any atom is 0.164 e. The lowest BCUT2D eigenvalue weighted by Crippen LogP contribution is -2.06. The molecule has 2 rings (SSSR count). The van der Waals surface area contributed by atoms with Gasteiger partial charge in [0.25, 0.3) is 0 Å². The first-order chi connectivity index (χ1) is 8.72. The largest absolute Gasteiger partial charge is 0.294 e. The number of Topliss-reactive ketones (excluding diaryl/α,β-unsaturated/α-hetero) is 1. The van der Waals surface area contributed by atoms with Crippen LogP contribution in [0.5, 0.6) is 0 Å². The maximum absolute atomic E-state index is 13.4. The molecule has 1 aliphatic rings. The van der Waals surface area contributed by atoms with Crippen molar-refractivity contribution in [2.24, 2.45) is 5.92 Å². The van der Waals surface area contributed by atoms with Crippen molar-refractivity contribution in [3.63, 3.8) is 0 Å². The van der Waals surface area contributed by atoms with Crippen LogP contribution in [0.3, 0.4) is 0 Å². The second kappa shape index (κ2) is 5.77. The van der Waals surface area contributed by atoms with Gasteiger partial charge in [0.1, 0.15) is 11.9 Å². The number of halogens is 1. The van der Waals surface area contributed by atoms with E-state index in [-0.39, 0.29) is 16.9 Å². The quantitative estimate of drug-likeness (QED) is 0.756. The van der Waals surface area contributed by atoms with Crippen molar-refractivity contribution < 1.29 is 9.18 Å². The van der Waals surface area contributed by atoms with Crippen LogP contribution in [0.1, 0.15) is 54.4 Å². The van der Waals surface area contributed by atoms with Gasteiger partial charge in [-0.05, 0) is 24.5 Å². The molecule has 0 aromatic heterocycles. The monoisotopic (exact) mass is 245 g/mol. The Bertz CT molecular complexity index is 484. The number of benzene rings is 1. The molecule has 1 aromatic rings. The van der Waals surface area contributed by atoms with E-state index in [1.807, 2.05) is 0 Å². The molecule has 0 unspecified atom stereocenters. The summed E-state index contributed by atoms with van der Waals surface area (Å²) >= 11 is 0. The normalized spacial score (nSPS) is 15.6. The van der Waals surface area contributed by atoms with Gasteiger partial charge in [-0.25, -0.2) is 4.39 Å². The van der Waals surface area contributed by atoms with E-state index in [0.717, 1.165) is 6.42 Å². The van der Waals surface area contributed by atoms with Crippen molar-refractivity contribution in [3.05, 3.63) is 35.1 Å². The molecule has 0 spiro atoms. The highest BCUT2D eigenvalue weighted by Crippen LogP contribution is 2.29. The number of nitrogens with zero attached hydrogens (tertiary/aromatic N) is 1. The minimum Gasteiger partial charge on any atom is -0.294 e. The van der Waals surface area contributed by atoms with Crippen LogP contribution in [0.2, 0.25) is 0 Å². The number of rotatable bonds is 4. The fourth-order valence-corrected chi connectivity index (χ4v) is 2.64. The van der Waals surface area contributed by atoms with Gasteiger partial charge in [-0.3, -0.25) is 4.79 Å². The van der Waals surface area contributed by atoms with Gasteiger partial charge in [-0.1, -0.05) is 31.7 Å². The fraction of sp³-hybridized carbons (Fsp3) is 0.467. The molecule has 0 heterocycles. The molecule has 1 saturated carbocycles. The minimum absolute atomic E-state index is 0.113. The summed E-state index contributed by atoms with van der Waals surface area (Å²) in [5, 5.41) is 8.89. The highest BCUT2D eigenvalue weighted by Gasteiger charge is 2.19. The van der Waals surface area contributed by atoms with Gasteiger partial charge < -0.3 is 0 Å². The van der Waals surface area contributed by atoms with E-state index >= 15 is 0 Å². The summed E-state index contributed by atoms with van der Waals surface area (Å²) in [6.45, 7) is 0. The Balaban J connectivity index is 2.04. The zero-order valence-electron chi connectivity index (χ0n) is 10.3. The molecule has 0 atom stereocenters. The summed E-state index contributed by atoms with van der Waals surface area (Å²) in [4.78, 5) is 12.0. The Labute approximate surface area is 106 Å². The van der Waals surface area contributed by atoms with E-state index in [0.29, 0.717) is 12.3 Å². The van der Waals surface area contributed by atoms with Gasteiger partial charge in [-0.2, -0.15) is 5.26 Å². The molecule has 94 valence electrons. The standard InChI is InChI=1S/C15H16FNO/c16-14-7-3-6-12(13(14)10-17)15(18)9-8-11-4-1-2-5-11/h3,6-7,11H,1-2,4-5,8-9H2. The number of carbonyl (C=O) groups excluding carboxylic acids is 1. The third-order valence-electron chi connectivity index (χ3n) is 3.68. The van der Waals surface area contributed by atoms with E-state index in [4.69, 9.17) is 5.26 Å². The molecule has 18 heavy (non-hydrogen) atoms. The fourth-order valence-electron chi connectivity index (χ4n) is 2.64. The summed E-state index contributed by atoms with van der Waals surface area (Å²) in [5.41, 5.74) is 0.115. The van der Waals surface area contributed by atoms with Crippen LogP contribution in [0.15, 0.2) is 18.2 Å². The molecule has 1 fully saturated rings. The molecule has 2 nitrogen and oxygen atoms in total. The molecule has 0 N–H and O–H groups in total. The van der Waals surface area contributed by atoms with Crippen LogP contribution in [0.4, 0.5) is 4.39 Å². The van der Waals surface area contributed by atoms with E-state index in [1.165, 1.54) is 37.8 Å². The first-order valence-electron chi connectivity index (χ1n) is 6.44. The van der Waals surface area contributed by atoms with Crippen molar-refractivity contribution in [1.29, 1.82) is 5.26 Å². The molecule has 0 radical (unpaired) electrons. The smallest absolute Gasteiger partial charge is 0.164 e. The highest BCUT2D eigenvalue weighted by atomic mass is 19.1. The third kappa shape index (κ3) is 2.76. The minimum atomic E-state index is -0.607. The first-order valence-corrected chi connectivity index (χ1v) is 6.44. The zero-order chi connectivity index (χ0) is 13.0. The highest BCUT2D eigenvalue weighted by molar-refractivity contribution is 5.98.